The van der Waals surface area contributed by atoms with Crippen molar-refractivity contribution in [1.29, 1.82) is 0 Å². The van der Waals surface area contributed by atoms with Gasteiger partial charge in [0.25, 0.3) is 0 Å². The summed E-state index contributed by atoms with van der Waals surface area (Å²) in [7, 11) is 0. The van der Waals surface area contributed by atoms with Gasteiger partial charge in [0.2, 0.25) is 0 Å². The number of carbonyl (C=O) groups is 1. The van der Waals surface area contributed by atoms with Gasteiger partial charge in [0, 0.05) is 15.8 Å². The molecule has 0 saturated carbocycles. The Morgan fingerprint density at radius 2 is 1.82 bits per heavy atom. The van der Waals surface area contributed by atoms with E-state index in [1.807, 2.05) is 36.4 Å². The first kappa shape index (κ1) is 18.7. The minimum absolute atomic E-state index is 0.138. The highest BCUT2D eigenvalue weighted by molar-refractivity contribution is 8.00. The van der Waals surface area contributed by atoms with E-state index in [4.69, 9.17) is 0 Å². The van der Waals surface area contributed by atoms with E-state index in [2.05, 4.69) is 9.97 Å². The van der Waals surface area contributed by atoms with Gasteiger partial charge in [-0.2, -0.15) is 0 Å². The molecule has 0 amide bonds. The molecule has 4 rings (SSSR count). The Morgan fingerprint density at radius 1 is 1.04 bits per heavy atom. The number of Topliss-reactive ketones (excluding diaryl/α,β-unsaturated/α-hetero) is 1. The van der Waals surface area contributed by atoms with E-state index in [-0.39, 0.29) is 11.3 Å². The van der Waals surface area contributed by atoms with Gasteiger partial charge in [0.15, 0.2) is 17.4 Å². The maximum atomic E-state index is 13.4. The van der Waals surface area contributed by atoms with Gasteiger partial charge < -0.3 is 0 Å². The quantitative estimate of drug-likeness (QED) is 0.229. The van der Waals surface area contributed by atoms with Crippen molar-refractivity contribution in [2.45, 2.75) is 17.2 Å². The van der Waals surface area contributed by atoms with Crippen LogP contribution in [0.5, 0.6) is 0 Å². The SMILES string of the molecule is C[C@@H](Sc1ncnc2sc(-c3ccccc3)cc12)C(=O)c1ccc(F)c(F)c1. The molecule has 0 saturated heterocycles. The first-order valence-electron chi connectivity index (χ1n) is 8.49. The molecule has 0 spiro atoms. The lowest BCUT2D eigenvalue weighted by Gasteiger charge is -2.10. The highest BCUT2D eigenvalue weighted by Crippen LogP contribution is 2.37. The number of thiophene rings is 1. The van der Waals surface area contributed by atoms with Gasteiger partial charge in [-0.15, -0.1) is 11.3 Å². The highest BCUT2D eigenvalue weighted by Gasteiger charge is 2.20. The number of halogens is 2. The summed E-state index contributed by atoms with van der Waals surface area (Å²) < 4.78 is 26.6. The van der Waals surface area contributed by atoms with Crippen LogP contribution in [0.3, 0.4) is 0 Å². The fourth-order valence-electron chi connectivity index (χ4n) is 2.78. The van der Waals surface area contributed by atoms with Crippen LogP contribution < -0.4 is 0 Å². The molecule has 0 fully saturated rings. The maximum Gasteiger partial charge on any atom is 0.176 e. The summed E-state index contributed by atoms with van der Waals surface area (Å²) in [6.07, 6.45) is 1.48. The van der Waals surface area contributed by atoms with Gasteiger partial charge in [0.05, 0.1) is 5.25 Å². The average molecular weight is 412 g/mol. The van der Waals surface area contributed by atoms with Crippen molar-refractivity contribution in [2.75, 3.05) is 0 Å². The molecule has 28 heavy (non-hydrogen) atoms. The largest absolute Gasteiger partial charge is 0.293 e. The number of rotatable bonds is 5. The van der Waals surface area contributed by atoms with Crippen LogP contribution in [0.4, 0.5) is 8.78 Å². The second-order valence-corrected chi connectivity index (χ2v) is 8.49. The molecule has 1 atom stereocenters. The van der Waals surface area contributed by atoms with Gasteiger partial charge in [-0.05, 0) is 36.8 Å². The minimum Gasteiger partial charge on any atom is -0.293 e. The van der Waals surface area contributed by atoms with Crippen molar-refractivity contribution in [3.63, 3.8) is 0 Å². The van der Waals surface area contributed by atoms with E-state index in [0.29, 0.717) is 5.03 Å². The van der Waals surface area contributed by atoms with Gasteiger partial charge in [0.1, 0.15) is 16.2 Å². The molecule has 0 unspecified atom stereocenters. The summed E-state index contributed by atoms with van der Waals surface area (Å²) in [6, 6.07) is 15.2. The predicted octanol–water partition coefficient (Wildman–Crippen LogP) is 6.00. The zero-order valence-electron chi connectivity index (χ0n) is 14.7. The summed E-state index contributed by atoms with van der Waals surface area (Å²) in [5.41, 5.74) is 1.23. The number of fused-ring (bicyclic) bond motifs is 1. The fourth-order valence-corrected chi connectivity index (χ4v) is 4.82. The topological polar surface area (TPSA) is 42.9 Å². The van der Waals surface area contributed by atoms with E-state index in [1.165, 1.54) is 24.2 Å². The lowest BCUT2D eigenvalue weighted by Crippen LogP contribution is -2.14. The van der Waals surface area contributed by atoms with E-state index >= 15 is 0 Å². The lowest BCUT2D eigenvalue weighted by atomic mass is 10.1. The number of hydrogen-bond acceptors (Lipinski definition) is 5. The number of aromatic nitrogens is 2. The van der Waals surface area contributed by atoms with Crippen molar-refractivity contribution < 1.29 is 13.6 Å². The van der Waals surface area contributed by atoms with Crippen molar-refractivity contribution in [3.8, 4) is 10.4 Å². The minimum atomic E-state index is -1.03. The number of nitrogens with zero attached hydrogens (tertiary/aromatic N) is 2. The van der Waals surface area contributed by atoms with Crippen molar-refractivity contribution in [2.24, 2.45) is 0 Å². The molecule has 0 aliphatic carbocycles. The van der Waals surface area contributed by atoms with Crippen molar-refractivity contribution in [1.82, 2.24) is 9.97 Å². The van der Waals surface area contributed by atoms with Crippen LogP contribution in [0, 0.1) is 11.6 Å². The number of thioether (sulfide) groups is 1. The fraction of sp³-hybridized carbons (Fsp3) is 0.0952. The molecule has 3 nitrogen and oxygen atoms in total. The molecule has 0 N–H and O–H groups in total. The van der Waals surface area contributed by atoms with Crippen LogP contribution in [0.15, 0.2) is 66.0 Å². The lowest BCUT2D eigenvalue weighted by molar-refractivity contribution is 0.0993. The molecule has 140 valence electrons. The normalized spacial score (nSPS) is 12.2. The van der Waals surface area contributed by atoms with Crippen LogP contribution >= 0.6 is 23.1 Å². The zero-order chi connectivity index (χ0) is 19.7. The van der Waals surface area contributed by atoms with Gasteiger partial charge >= 0.3 is 0 Å². The summed E-state index contributed by atoms with van der Waals surface area (Å²) in [5.74, 6) is -2.28. The summed E-state index contributed by atoms with van der Waals surface area (Å²) in [6.45, 7) is 1.73. The molecule has 0 aliphatic rings. The Labute approximate surface area is 168 Å². The van der Waals surface area contributed by atoms with E-state index < -0.39 is 16.9 Å². The molecular weight excluding hydrogens is 398 g/mol. The number of carbonyl (C=O) groups excluding carboxylic acids is 1. The smallest absolute Gasteiger partial charge is 0.176 e. The monoisotopic (exact) mass is 412 g/mol. The molecule has 0 aliphatic heterocycles. The molecule has 0 radical (unpaired) electrons. The molecule has 2 heterocycles. The molecule has 0 bridgehead atoms. The van der Waals surface area contributed by atoms with Crippen LogP contribution in [0.2, 0.25) is 0 Å². The number of ketones is 1. The highest BCUT2D eigenvalue weighted by atomic mass is 32.2. The Hall–Kier alpha value is -2.64. The third-order valence-electron chi connectivity index (χ3n) is 4.21. The molecule has 2 aromatic heterocycles. The standard InChI is InChI=1S/C21H14F2N2OS2/c1-12(19(26)14-7-8-16(22)17(23)9-14)27-20-15-10-18(13-5-3-2-4-6-13)28-21(15)25-11-24-20/h2-12H,1H3/t12-/m1/s1. The van der Waals surface area contributed by atoms with E-state index in [1.54, 1.807) is 18.3 Å². The first-order valence-corrected chi connectivity index (χ1v) is 10.2. The Morgan fingerprint density at radius 3 is 2.57 bits per heavy atom. The van der Waals surface area contributed by atoms with E-state index in [9.17, 15) is 13.6 Å². The number of hydrogen-bond donors (Lipinski definition) is 0. The average Bonchev–Trinajstić information content (AvgIpc) is 3.15. The molecule has 2 aromatic carbocycles. The number of benzene rings is 2. The van der Waals surface area contributed by atoms with Crippen LogP contribution in [-0.2, 0) is 0 Å². The Bertz CT molecular complexity index is 1160. The summed E-state index contributed by atoms with van der Waals surface area (Å²) in [4.78, 5) is 23.2. The summed E-state index contributed by atoms with van der Waals surface area (Å²) in [5, 5.41) is 1.05. The van der Waals surface area contributed by atoms with Gasteiger partial charge in [-0.3, -0.25) is 4.79 Å². The molecule has 7 heteroatoms. The van der Waals surface area contributed by atoms with Gasteiger partial charge in [-0.25, -0.2) is 18.7 Å². The van der Waals surface area contributed by atoms with Crippen LogP contribution in [0.25, 0.3) is 20.7 Å². The summed E-state index contributed by atoms with van der Waals surface area (Å²) >= 11 is 2.84. The van der Waals surface area contributed by atoms with Gasteiger partial charge in [-0.1, -0.05) is 42.1 Å². The van der Waals surface area contributed by atoms with Crippen LogP contribution in [0.1, 0.15) is 17.3 Å². The van der Waals surface area contributed by atoms with Crippen molar-refractivity contribution in [3.05, 3.63) is 78.1 Å². The van der Waals surface area contributed by atoms with E-state index in [0.717, 1.165) is 32.8 Å². The Balaban J connectivity index is 1.63. The van der Waals surface area contributed by atoms with Crippen LogP contribution in [-0.4, -0.2) is 21.0 Å². The molecular formula is C21H14F2N2OS2. The zero-order valence-corrected chi connectivity index (χ0v) is 16.4. The maximum absolute atomic E-state index is 13.4. The first-order chi connectivity index (χ1) is 13.5. The second kappa shape index (κ2) is 7.77. The predicted molar refractivity (Wildman–Crippen MR) is 109 cm³/mol. The van der Waals surface area contributed by atoms with Crippen molar-refractivity contribution >= 4 is 39.1 Å². The molecule has 4 aromatic rings. The third-order valence-corrected chi connectivity index (χ3v) is 6.42. The Kier molecular flexibility index (Phi) is 5.19. The third kappa shape index (κ3) is 3.68. The second-order valence-electron chi connectivity index (χ2n) is 6.13.